The molecule has 198 valence electrons. The van der Waals surface area contributed by atoms with E-state index in [1.165, 1.54) is 109 Å². The van der Waals surface area contributed by atoms with Crippen molar-refractivity contribution in [2.24, 2.45) is 0 Å². The Bertz CT molecular complexity index is 481. The molecule has 0 aromatic rings. The monoisotopic (exact) mass is 490 g/mol. The van der Waals surface area contributed by atoms with Crippen LogP contribution in [0.1, 0.15) is 124 Å². The fourth-order valence-electron chi connectivity index (χ4n) is 3.96. The van der Waals surface area contributed by atoms with Gasteiger partial charge in [-0.1, -0.05) is 103 Å². The van der Waals surface area contributed by atoms with Crippen LogP contribution in [0.4, 0.5) is 0 Å². The number of rotatable bonds is 21. The van der Waals surface area contributed by atoms with E-state index in [9.17, 15) is 4.57 Å². The lowest BCUT2D eigenvalue weighted by molar-refractivity contribution is 0.161. The molecule has 33 heavy (non-hydrogen) atoms. The Kier molecular flexibility index (Phi) is 22.8. The van der Waals surface area contributed by atoms with Crippen molar-refractivity contribution < 1.29 is 18.5 Å². The largest absolute Gasteiger partial charge is 0.472 e. The van der Waals surface area contributed by atoms with Crippen molar-refractivity contribution in [2.75, 3.05) is 33.5 Å². The predicted octanol–water partition coefficient (Wildman–Crippen LogP) is 8.08. The molecule has 0 fully saturated rings. The summed E-state index contributed by atoms with van der Waals surface area (Å²) in [6.45, 7) is 8.24. The van der Waals surface area contributed by atoms with Gasteiger partial charge in [0.05, 0.1) is 19.9 Å². The van der Waals surface area contributed by atoms with Gasteiger partial charge in [-0.2, -0.15) is 0 Å². The minimum atomic E-state index is -3.69. The maximum Gasteiger partial charge on any atom is 0.472 e. The molecule has 0 spiro atoms. The molecule has 0 saturated carbocycles. The van der Waals surface area contributed by atoms with Gasteiger partial charge in [0.1, 0.15) is 0 Å². The van der Waals surface area contributed by atoms with Crippen LogP contribution in [0.3, 0.4) is 0 Å². The first-order valence-corrected chi connectivity index (χ1v) is 15.2. The summed E-state index contributed by atoms with van der Waals surface area (Å²) in [4.78, 5) is 13.3. The van der Waals surface area contributed by atoms with Crippen molar-refractivity contribution in [3.63, 3.8) is 0 Å². The lowest BCUT2D eigenvalue weighted by Crippen LogP contribution is -2.23. The van der Waals surface area contributed by atoms with E-state index >= 15 is 0 Å². The number of hydrogen-bond acceptors (Lipinski definition) is 5. The third kappa shape index (κ3) is 23.0. The van der Waals surface area contributed by atoms with Gasteiger partial charge in [-0.3, -0.25) is 9.05 Å². The van der Waals surface area contributed by atoms with Crippen LogP contribution in [0.15, 0.2) is 12.4 Å². The molecule has 6 nitrogen and oxygen atoms in total. The van der Waals surface area contributed by atoms with Crippen molar-refractivity contribution in [2.45, 2.75) is 124 Å². The second kappa shape index (κ2) is 23.2. The van der Waals surface area contributed by atoms with Gasteiger partial charge in [0.2, 0.25) is 0 Å². The highest BCUT2D eigenvalue weighted by molar-refractivity contribution is 7.47. The number of unbranched alkanes of at least 4 members (excludes halogenated alkanes) is 15. The first-order valence-electron chi connectivity index (χ1n) is 13.7. The van der Waals surface area contributed by atoms with E-state index in [1.807, 2.05) is 0 Å². The molecule has 1 aliphatic rings. The molecule has 0 saturated heterocycles. The third-order valence-corrected chi connectivity index (χ3v) is 6.99. The molecular weight excluding hydrogens is 435 g/mol. The van der Waals surface area contributed by atoms with Gasteiger partial charge in [-0.25, -0.2) is 4.57 Å². The van der Waals surface area contributed by atoms with Crippen molar-refractivity contribution >= 4 is 7.82 Å². The summed E-state index contributed by atoms with van der Waals surface area (Å²) < 4.78 is 19.2. The minimum absolute atomic E-state index is 0.188. The average molecular weight is 491 g/mol. The standard InChI is InChI=1S/C22H44N2.C4H11O4P/c1-3-4-5-6-7-8-9-10-11-12-13-14-15-16-17-18-19-24-21-20-23(2)22-24;1-3-7-9(5,6)8-4-2/h20-21H,3-19,22H2,1-2H3;3-4H2,1-2H3,(H,5,6). The molecule has 1 N–H and O–H groups in total. The second-order valence-corrected chi connectivity index (χ2v) is 10.6. The highest BCUT2D eigenvalue weighted by Crippen LogP contribution is 2.42. The highest BCUT2D eigenvalue weighted by atomic mass is 31.2. The molecule has 0 aliphatic carbocycles. The lowest BCUT2D eigenvalue weighted by atomic mass is 10.0. The van der Waals surface area contributed by atoms with E-state index in [1.54, 1.807) is 13.8 Å². The normalized spacial score (nSPS) is 13.5. The Labute approximate surface area is 205 Å². The summed E-state index contributed by atoms with van der Waals surface area (Å²) in [5.74, 6) is 0. The Balaban J connectivity index is 0.000000960. The van der Waals surface area contributed by atoms with Gasteiger partial charge in [0.25, 0.3) is 0 Å². The van der Waals surface area contributed by atoms with E-state index in [0.29, 0.717) is 0 Å². The summed E-state index contributed by atoms with van der Waals surface area (Å²) in [5.41, 5.74) is 0. The number of nitrogens with zero attached hydrogens (tertiary/aromatic N) is 2. The summed E-state index contributed by atoms with van der Waals surface area (Å²) in [6, 6.07) is 0. The molecule has 1 heterocycles. The molecule has 0 amide bonds. The Hall–Kier alpha value is -0.550. The molecular formula is C26H55N2O4P. The molecule has 0 aromatic carbocycles. The SMILES string of the molecule is CCCCCCCCCCCCCCCCCCN1C=CN(C)C1.CCOP(=O)(O)OCC. The van der Waals surface area contributed by atoms with E-state index in [4.69, 9.17) is 4.89 Å². The van der Waals surface area contributed by atoms with E-state index in [0.717, 1.165) is 6.67 Å². The third-order valence-electron chi connectivity index (χ3n) is 5.82. The molecule has 0 aromatic heterocycles. The summed E-state index contributed by atoms with van der Waals surface area (Å²) in [6.07, 6.45) is 27.6. The fourth-order valence-corrected chi connectivity index (χ4v) is 4.69. The summed E-state index contributed by atoms with van der Waals surface area (Å²) in [7, 11) is -1.55. The zero-order valence-electron chi connectivity index (χ0n) is 22.3. The topological polar surface area (TPSA) is 62.2 Å². The molecule has 7 heteroatoms. The second-order valence-electron chi connectivity index (χ2n) is 9.12. The first-order chi connectivity index (χ1) is 15.9. The van der Waals surface area contributed by atoms with E-state index < -0.39 is 7.82 Å². The predicted molar refractivity (Wildman–Crippen MR) is 141 cm³/mol. The fraction of sp³-hybridized carbons (Fsp3) is 0.923. The van der Waals surface area contributed by atoms with Gasteiger partial charge in [0, 0.05) is 26.0 Å². The van der Waals surface area contributed by atoms with Crippen LogP contribution in [-0.2, 0) is 13.6 Å². The van der Waals surface area contributed by atoms with E-state index in [-0.39, 0.29) is 13.2 Å². The molecule has 0 bridgehead atoms. The zero-order chi connectivity index (χ0) is 24.6. The Morgan fingerprint density at radius 2 is 1.09 bits per heavy atom. The minimum Gasteiger partial charge on any atom is -0.362 e. The molecule has 1 aliphatic heterocycles. The highest BCUT2D eigenvalue weighted by Gasteiger charge is 2.17. The van der Waals surface area contributed by atoms with Crippen LogP contribution in [0, 0.1) is 0 Å². The number of hydrogen-bond donors (Lipinski definition) is 1. The molecule has 0 radical (unpaired) electrons. The summed E-state index contributed by atoms with van der Waals surface area (Å²) >= 11 is 0. The first kappa shape index (κ1) is 32.5. The quantitative estimate of drug-likeness (QED) is 0.130. The molecule has 0 atom stereocenters. The van der Waals surface area contributed by atoms with Crippen molar-refractivity contribution in [1.82, 2.24) is 9.80 Å². The lowest BCUT2D eigenvalue weighted by Gasteiger charge is -2.17. The average Bonchev–Trinajstić information content (AvgIpc) is 3.19. The Morgan fingerprint density at radius 1 is 0.697 bits per heavy atom. The van der Waals surface area contributed by atoms with Gasteiger partial charge >= 0.3 is 7.82 Å². The van der Waals surface area contributed by atoms with Crippen LogP contribution >= 0.6 is 7.82 Å². The maximum absolute atomic E-state index is 10.5. The van der Waals surface area contributed by atoms with Gasteiger partial charge in [-0.05, 0) is 20.3 Å². The molecule has 0 unspecified atom stereocenters. The van der Waals surface area contributed by atoms with Crippen LogP contribution < -0.4 is 0 Å². The zero-order valence-corrected chi connectivity index (χ0v) is 23.2. The van der Waals surface area contributed by atoms with Crippen LogP contribution in [0.25, 0.3) is 0 Å². The molecule has 1 rings (SSSR count). The summed E-state index contributed by atoms with van der Waals surface area (Å²) in [5, 5.41) is 0. The van der Waals surface area contributed by atoms with Crippen molar-refractivity contribution in [3.05, 3.63) is 12.4 Å². The van der Waals surface area contributed by atoms with Crippen molar-refractivity contribution in [1.29, 1.82) is 0 Å². The van der Waals surface area contributed by atoms with Crippen LogP contribution in [-0.4, -0.2) is 48.2 Å². The van der Waals surface area contributed by atoms with Crippen molar-refractivity contribution in [3.8, 4) is 0 Å². The smallest absolute Gasteiger partial charge is 0.362 e. The van der Waals surface area contributed by atoms with Gasteiger partial charge in [0.15, 0.2) is 0 Å². The van der Waals surface area contributed by atoms with E-state index in [2.05, 4.69) is 45.2 Å². The maximum atomic E-state index is 10.5. The van der Waals surface area contributed by atoms with Crippen LogP contribution in [0.2, 0.25) is 0 Å². The number of phosphoric acid groups is 1. The van der Waals surface area contributed by atoms with Gasteiger partial charge < -0.3 is 14.7 Å². The Morgan fingerprint density at radius 3 is 1.42 bits per heavy atom. The van der Waals surface area contributed by atoms with Crippen LogP contribution in [0.5, 0.6) is 0 Å². The number of phosphoric ester groups is 1. The van der Waals surface area contributed by atoms with Gasteiger partial charge in [-0.15, -0.1) is 0 Å².